The number of rotatable bonds is 8. The highest BCUT2D eigenvalue weighted by atomic mass is 19.1. The number of imidazole rings is 1. The standard InChI is InChI=1S/C23H25FN4/c1-26-16-20(22-5-2-3-6-23(22)26)17-28(13-4-12-27-14-11-25-18-27)15-19-7-9-21(24)10-8-19/h2-3,5-11,14,16,18H,4,12-13,15,17H2,1H3. The molecule has 4 aromatic rings. The maximum Gasteiger partial charge on any atom is 0.123 e. The minimum atomic E-state index is -0.190. The molecular formula is C23H25FN4. The van der Waals surface area contributed by atoms with Crippen molar-refractivity contribution in [2.45, 2.75) is 26.1 Å². The molecule has 0 aliphatic carbocycles. The Morgan fingerprint density at radius 2 is 1.86 bits per heavy atom. The number of fused-ring (bicyclic) bond motifs is 1. The van der Waals surface area contributed by atoms with E-state index in [2.05, 4.69) is 56.5 Å². The van der Waals surface area contributed by atoms with Crippen LogP contribution in [0, 0.1) is 5.82 Å². The molecule has 0 saturated heterocycles. The Kier molecular flexibility index (Phi) is 5.53. The molecule has 0 unspecified atom stereocenters. The van der Waals surface area contributed by atoms with Gasteiger partial charge in [0.1, 0.15) is 5.82 Å². The summed E-state index contributed by atoms with van der Waals surface area (Å²) in [6.45, 7) is 3.56. The second-order valence-electron chi connectivity index (χ2n) is 7.27. The number of aromatic nitrogens is 3. The Morgan fingerprint density at radius 3 is 2.64 bits per heavy atom. The van der Waals surface area contributed by atoms with Crippen LogP contribution in [-0.4, -0.2) is 25.6 Å². The van der Waals surface area contributed by atoms with Crippen molar-refractivity contribution in [3.05, 3.63) is 90.4 Å². The summed E-state index contributed by atoms with van der Waals surface area (Å²) in [5.41, 5.74) is 3.70. The van der Waals surface area contributed by atoms with Crippen molar-refractivity contribution in [3.63, 3.8) is 0 Å². The average Bonchev–Trinajstić information content (AvgIpc) is 3.32. The molecule has 0 atom stereocenters. The maximum atomic E-state index is 13.3. The number of hydrogen-bond donors (Lipinski definition) is 0. The first kappa shape index (κ1) is 18.4. The number of para-hydroxylation sites is 1. The van der Waals surface area contributed by atoms with Crippen LogP contribution in [0.3, 0.4) is 0 Å². The van der Waals surface area contributed by atoms with Crippen LogP contribution in [0.25, 0.3) is 10.9 Å². The second-order valence-corrected chi connectivity index (χ2v) is 7.27. The van der Waals surface area contributed by atoms with Crippen LogP contribution in [0.15, 0.2) is 73.4 Å². The van der Waals surface area contributed by atoms with Crippen LogP contribution in [0.1, 0.15) is 17.5 Å². The Labute approximate surface area is 164 Å². The molecule has 0 bridgehead atoms. The summed E-state index contributed by atoms with van der Waals surface area (Å²) in [4.78, 5) is 6.55. The van der Waals surface area contributed by atoms with E-state index < -0.39 is 0 Å². The zero-order valence-corrected chi connectivity index (χ0v) is 16.1. The van der Waals surface area contributed by atoms with Crippen molar-refractivity contribution in [2.75, 3.05) is 6.54 Å². The highest BCUT2D eigenvalue weighted by Crippen LogP contribution is 2.22. The SMILES string of the molecule is Cn1cc(CN(CCCn2ccnc2)Cc2ccc(F)cc2)c2ccccc21. The summed E-state index contributed by atoms with van der Waals surface area (Å²) >= 11 is 0. The van der Waals surface area contributed by atoms with Gasteiger partial charge in [-0.15, -0.1) is 0 Å². The highest BCUT2D eigenvalue weighted by Gasteiger charge is 2.12. The summed E-state index contributed by atoms with van der Waals surface area (Å²) < 4.78 is 17.6. The Hall–Kier alpha value is -2.92. The minimum absolute atomic E-state index is 0.190. The molecule has 0 aliphatic heterocycles. The molecule has 0 spiro atoms. The van der Waals surface area contributed by atoms with E-state index in [1.807, 2.05) is 30.9 Å². The summed E-state index contributed by atoms with van der Waals surface area (Å²) in [5, 5.41) is 1.30. The van der Waals surface area contributed by atoms with E-state index in [-0.39, 0.29) is 5.82 Å². The van der Waals surface area contributed by atoms with Gasteiger partial charge in [-0.25, -0.2) is 9.37 Å². The third-order valence-corrected chi connectivity index (χ3v) is 5.14. The van der Waals surface area contributed by atoms with E-state index in [1.54, 1.807) is 0 Å². The van der Waals surface area contributed by atoms with Crippen molar-refractivity contribution in [2.24, 2.45) is 7.05 Å². The highest BCUT2D eigenvalue weighted by molar-refractivity contribution is 5.83. The molecule has 0 N–H and O–H groups in total. The van der Waals surface area contributed by atoms with Gasteiger partial charge in [0.2, 0.25) is 0 Å². The molecule has 4 rings (SSSR count). The number of halogens is 1. The lowest BCUT2D eigenvalue weighted by molar-refractivity contribution is 0.249. The Balaban J connectivity index is 1.51. The van der Waals surface area contributed by atoms with Gasteiger partial charge in [-0.1, -0.05) is 30.3 Å². The average molecular weight is 376 g/mol. The van der Waals surface area contributed by atoms with Gasteiger partial charge in [-0.2, -0.15) is 0 Å². The molecule has 0 fully saturated rings. The minimum Gasteiger partial charge on any atom is -0.350 e. The fourth-order valence-corrected chi connectivity index (χ4v) is 3.75. The Bertz CT molecular complexity index is 1020. The zero-order valence-electron chi connectivity index (χ0n) is 16.1. The smallest absolute Gasteiger partial charge is 0.123 e. The number of hydrogen-bond acceptors (Lipinski definition) is 2. The first-order valence-electron chi connectivity index (χ1n) is 9.64. The van der Waals surface area contributed by atoms with Gasteiger partial charge in [0.15, 0.2) is 0 Å². The lowest BCUT2D eigenvalue weighted by Crippen LogP contribution is -2.25. The largest absolute Gasteiger partial charge is 0.350 e. The molecule has 2 aromatic heterocycles. The van der Waals surface area contributed by atoms with Gasteiger partial charge in [0, 0.05) is 62.7 Å². The topological polar surface area (TPSA) is 26.0 Å². The molecule has 28 heavy (non-hydrogen) atoms. The summed E-state index contributed by atoms with van der Waals surface area (Å²) in [5.74, 6) is -0.190. The van der Waals surface area contributed by atoms with Crippen molar-refractivity contribution >= 4 is 10.9 Å². The molecule has 0 aliphatic rings. The van der Waals surface area contributed by atoms with Gasteiger partial charge >= 0.3 is 0 Å². The quantitative estimate of drug-likeness (QED) is 0.449. The van der Waals surface area contributed by atoms with Crippen LogP contribution in [0.2, 0.25) is 0 Å². The van der Waals surface area contributed by atoms with Crippen molar-refractivity contribution in [1.82, 2.24) is 19.0 Å². The third kappa shape index (κ3) is 4.31. The lowest BCUT2D eigenvalue weighted by atomic mass is 10.1. The summed E-state index contributed by atoms with van der Waals surface area (Å²) in [6, 6.07) is 15.3. The van der Waals surface area contributed by atoms with Crippen LogP contribution in [-0.2, 0) is 26.7 Å². The third-order valence-electron chi connectivity index (χ3n) is 5.14. The second kappa shape index (κ2) is 8.40. The maximum absolute atomic E-state index is 13.3. The van der Waals surface area contributed by atoms with Gasteiger partial charge in [-0.05, 0) is 35.7 Å². The van der Waals surface area contributed by atoms with Gasteiger partial charge in [-0.3, -0.25) is 4.90 Å². The van der Waals surface area contributed by atoms with Gasteiger partial charge in [0.05, 0.1) is 6.33 Å². The molecule has 5 heteroatoms. The van der Waals surface area contributed by atoms with Gasteiger partial charge in [0.25, 0.3) is 0 Å². The molecule has 0 radical (unpaired) electrons. The van der Waals surface area contributed by atoms with E-state index in [4.69, 9.17) is 0 Å². The lowest BCUT2D eigenvalue weighted by Gasteiger charge is -2.22. The summed E-state index contributed by atoms with van der Waals surface area (Å²) in [6.07, 6.45) is 8.91. The van der Waals surface area contributed by atoms with E-state index in [0.29, 0.717) is 0 Å². The van der Waals surface area contributed by atoms with Crippen molar-refractivity contribution in [1.29, 1.82) is 0 Å². The molecule has 0 saturated carbocycles. The van der Waals surface area contributed by atoms with Crippen molar-refractivity contribution < 1.29 is 4.39 Å². The fourth-order valence-electron chi connectivity index (χ4n) is 3.75. The van der Waals surface area contributed by atoms with Crippen LogP contribution in [0.4, 0.5) is 4.39 Å². The van der Waals surface area contributed by atoms with E-state index in [9.17, 15) is 4.39 Å². The molecule has 4 nitrogen and oxygen atoms in total. The molecule has 2 heterocycles. The first-order chi connectivity index (χ1) is 13.7. The predicted octanol–water partition coefficient (Wildman–Crippen LogP) is 4.61. The molecular weight excluding hydrogens is 351 g/mol. The Morgan fingerprint density at radius 1 is 1.04 bits per heavy atom. The number of benzene rings is 2. The first-order valence-corrected chi connectivity index (χ1v) is 9.64. The van der Waals surface area contributed by atoms with Gasteiger partial charge < -0.3 is 9.13 Å². The fraction of sp³-hybridized carbons (Fsp3) is 0.261. The predicted molar refractivity (Wildman–Crippen MR) is 110 cm³/mol. The zero-order chi connectivity index (χ0) is 19.3. The monoisotopic (exact) mass is 376 g/mol. The van der Waals surface area contributed by atoms with Crippen LogP contribution in [0.5, 0.6) is 0 Å². The van der Waals surface area contributed by atoms with E-state index in [1.165, 1.54) is 28.6 Å². The van der Waals surface area contributed by atoms with E-state index in [0.717, 1.165) is 38.2 Å². The number of aryl methyl sites for hydroxylation is 2. The molecule has 0 amide bonds. The van der Waals surface area contributed by atoms with Crippen molar-refractivity contribution in [3.8, 4) is 0 Å². The normalized spacial score (nSPS) is 11.5. The molecule has 2 aromatic carbocycles. The number of nitrogens with zero attached hydrogens (tertiary/aromatic N) is 4. The molecule has 144 valence electrons. The van der Waals surface area contributed by atoms with Crippen LogP contribution >= 0.6 is 0 Å². The van der Waals surface area contributed by atoms with Crippen LogP contribution < -0.4 is 0 Å². The van der Waals surface area contributed by atoms with E-state index >= 15 is 0 Å². The summed E-state index contributed by atoms with van der Waals surface area (Å²) in [7, 11) is 2.09.